The summed E-state index contributed by atoms with van der Waals surface area (Å²) in [6.07, 6.45) is 0.137. The molecule has 2 amide bonds. The highest BCUT2D eigenvalue weighted by atomic mass is 16.5. The zero-order valence-electron chi connectivity index (χ0n) is 17.7. The molecule has 10 nitrogen and oxygen atoms in total. The second-order valence-electron chi connectivity index (χ2n) is 7.30. The summed E-state index contributed by atoms with van der Waals surface area (Å²) in [7, 11) is 1.68. The van der Waals surface area contributed by atoms with Gasteiger partial charge in [0, 0.05) is 36.3 Å². The van der Waals surface area contributed by atoms with Crippen LogP contribution < -0.4 is 5.32 Å². The molecular weight excluding hydrogens is 412 g/mol. The Kier molecular flexibility index (Phi) is 5.93. The highest BCUT2D eigenvalue weighted by Gasteiger charge is 2.28. The van der Waals surface area contributed by atoms with Crippen LogP contribution in [0.25, 0.3) is 11.4 Å². The summed E-state index contributed by atoms with van der Waals surface area (Å²) in [5, 5.41) is 14.8. The number of amides is 2. The van der Waals surface area contributed by atoms with Crippen LogP contribution in [0.4, 0.5) is 5.69 Å². The van der Waals surface area contributed by atoms with Crippen LogP contribution in [0.5, 0.6) is 0 Å². The number of rotatable bonds is 7. The monoisotopic (exact) mass is 434 g/mol. The molecule has 32 heavy (non-hydrogen) atoms. The first-order valence-electron chi connectivity index (χ1n) is 10.2. The van der Waals surface area contributed by atoms with Crippen LogP contribution >= 0.6 is 0 Å². The van der Waals surface area contributed by atoms with Crippen molar-refractivity contribution in [3.05, 3.63) is 59.2 Å². The number of hydrogen-bond donors (Lipinski definition) is 1. The van der Waals surface area contributed by atoms with Gasteiger partial charge in [-0.15, -0.1) is 10.2 Å². The normalized spacial score (nSPS) is 12.6. The van der Waals surface area contributed by atoms with Crippen LogP contribution in [-0.4, -0.2) is 56.0 Å². The minimum atomic E-state index is -0.458. The molecule has 0 spiro atoms. The van der Waals surface area contributed by atoms with E-state index in [-0.39, 0.29) is 31.4 Å². The van der Waals surface area contributed by atoms with E-state index < -0.39 is 5.97 Å². The van der Waals surface area contributed by atoms with Crippen LogP contribution in [0, 0.1) is 0 Å². The molecule has 4 rings (SSSR count). The predicted octanol–water partition coefficient (Wildman–Crippen LogP) is 2.04. The van der Waals surface area contributed by atoms with Gasteiger partial charge in [-0.1, -0.05) is 18.2 Å². The van der Waals surface area contributed by atoms with Gasteiger partial charge in [-0.05, 0) is 42.0 Å². The molecule has 2 heterocycles. The Hall–Kier alpha value is -4.08. The average molecular weight is 434 g/mol. The van der Waals surface area contributed by atoms with Gasteiger partial charge in [-0.2, -0.15) is 4.80 Å². The van der Waals surface area contributed by atoms with Crippen molar-refractivity contribution >= 4 is 23.5 Å². The molecule has 164 valence electrons. The van der Waals surface area contributed by atoms with Gasteiger partial charge in [-0.3, -0.25) is 9.59 Å². The number of nitrogens with zero attached hydrogens (tertiary/aromatic N) is 5. The summed E-state index contributed by atoms with van der Waals surface area (Å²) in [5.74, 6) is -0.411. The summed E-state index contributed by atoms with van der Waals surface area (Å²) >= 11 is 0. The zero-order chi connectivity index (χ0) is 22.7. The second kappa shape index (κ2) is 8.96. The smallest absolute Gasteiger partial charge is 0.338 e. The molecule has 0 radical (unpaired) electrons. The number of hydrogen-bond acceptors (Lipinski definition) is 7. The van der Waals surface area contributed by atoms with E-state index in [1.807, 2.05) is 6.07 Å². The van der Waals surface area contributed by atoms with Gasteiger partial charge in [0.1, 0.15) is 0 Å². The number of tetrazole rings is 1. The number of aryl methyl sites for hydroxylation is 1. The fraction of sp³-hybridized carbons (Fsp3) is 0.273. The summed E-state index contributed by atoms with van der Waals surface area (Å²) < 4.78 is 4.99. The Morgan fingerprint density at radius 2 is 2.03 bits per heavy atom. The Morgan fingerprint density at radius 1 is 1.19 bits per heavy atom. The van der Waals surface area contributed by atoms with Crippen molar-refractivity contribution in [3.63, 3.8) is 0 Å². The maximum absolute atomic E-state index is 12.7. The molecule has 1 aromatic heterocycles. The molecule has 10 heteroatoms. The number of esters is 1. The quantitative estimate of drug-likeness (QED) is 0.565. The Bertz CT molecular complexity index is 1190. The maximum Gasteiger partial charge on any atom is 0.338 e. The van der Waals surface area contributed by atoms with Gasteiger partial charge in [0.05, 0.1) is 19.2 Å². The molecule has 3 aromatic rings. The third-order valence-corrected chi connectivity index (χ3v) is 5.02. The van der Waals surface area contributed by atoms with Gasteiger partial charge < -0.3 is 15.0 Å². The summed E-state index contributed by atoms with van der Waals surface area (Å²) in [5.41, 5.74) is 2.98. The molecule has 0 aliphatic carbocycles. The van der Waals surface area contributed by atoms with Crippen molar-refractivity contribution in [2.75, 3.05) is 18.5 Å². The molecule has 0 atom stereocenters. The lowest BCUT2D eigenvalue weighted by Crippen LogP contribution is -2.28. The second-order valence-corrected chi connectivity index (χ2v) is 7.30. The number of ether oxygens (including phenoxy) is 1. The number of anilines is 1. The van der Waals surface area contributed by atoms with E-state index in [1.165, 1.54) is 4.80 Å². The van der Waals surface area contributed by atoms with Gasteiger partial charge >= 0.3 is 5.97 Å². The fourth-order valence-corrected chi connectivity index (χ4v) is 3.48. The van der Waals surface area contributed by atoms with Crippen molar-refractivity contribution in [1.82, 2.24) is 25.1 Å². The molecule has 1 aliphatic heterocycles. The lowest BCUT2D eigenvalue weighted by Gasteiger charge is -2.15. The molecule has 1 N–H and O–H groups in total. The van der Waals surface area contributed by atoms with E-state index in [9.17, 15) is 14.4 Å². The third-order valence-electron chi connectivity index (χ3n) is 5.02. The summed E-state index contributed by atoms with van der Waals surface area (Å²) in [6.45, 7) is 2.66. The van der Waals surface area contributed by atoms with Crippen molar-refractivity contribution < 1.29 is 19.1 Å². The first-order valence-corrected chi connectivity index (χ1v) is 10.2. The summed E-state index contributed by atoms with van der Waals surface area (Å²) in [4.78, 5) is 40.1. The Balaban J connectivity index is 1.35. The molecule has 2 aromatic carbocycles. The minimum absolute atomic E-state index is 0.137. The highest BCUT2D eigenvalue weighted by Crippen LogP contribution is 2.25. The molecule has 0 bridgehead atoms. The van der Waals surface area contributed by atoms with E-state index in [1.54, 1.807) is 55.3 Å². The van der Waals surface area contributed by atoms with Crippen LogP contribution in [0.3, 0.4) is 0 Å². The van der Waals surface area contributed by atoms with E-state index in [0.717, 1.165) is 11.1 Å². The van der Waals surface area contributed by atoms with E-state index in [4.69, 9.17) is 4.74 Å². The number of carbonyl (C=O) groups is 3. The lowest BCUT2D eigenvalue weighted by molar-refractivity contribution is -0.116. The highest BCUT2D eigenvalue weighted by molar-refractivity contribution is 6.01. The summed E-state index contributed by atoms with van der Waals surface area (Å²) in [6, 6.07) is 12.1. The Morgan fingerprint density at radius 3 is 2.78 bits per heavy atom. The van der Waals surface area contributed by atoms with Crippen LogP contribution in [0.2, 0.25) is 0 Å². The van der Waals surface area contributed by atoms with Crippen LogP contribution in [0.15, 0.2) is 42.5 Å². The number of aromatic nitrogens is 4. The SMILES string of the molecule is CCOC(=O)c1ccc2c(c1)C(=O)N(CCC(=O)Nc1cccc(-c3nnn(C)n3)c1)C2. The predicted molar refractivity (Wildman–Crippen MR) is 115 cm³/mol. The van der Waals surface area contributed by atoms with Crippen LogP contribution in [-0.2, 0) is 23.1 Å². The first kappa shape index (κ1) is 21.2. The number of nitrogens with one attached hydrogen (secondary N) is 1. The number of fused-ring (bicyclic) bond motifs is 1. The van der Waals surface area contributed by atoms with Gasteiger partial charge in [0.2, 0.25) is 11.7 Å². The van der Waals surface area contributed by atoms with Crippen LogP contribution in [0.1, 0.15) is 39.6 Å². The minimum Gasteiger partial charge on any atom is -0.462 e. The number of benzene rings is 2. The van der Waals surface area contributed by atoms with Gasteiger partial charge in [0.25, 0.3) is 5.91 Å². The molecule has 0 fully saturated rings. The van der Waals surface area contributed by atoms with E-state index in [0.29, 0.717) is 29.2 Å². The zero-order valence-corrected chi connectivity index (χ0v) is 17.7. The van der Waals surface area contributed by atoms with E-state index in [2.05, 4.69) is 20.7 Å². The average Bonchev–Trinajstić information content (AvgIpc) is 3.35. The number of carbonyl (C=O) groups excluding carboxylic acids is 3. The fourth-order valence-electron chi connectivity index (χ4n) is 3.48. The topological polar surface area (TPSA) is 119 Å². The molecule has 0 saturated carbocycles. The first-order chi connectivity index (χ1) is 15.4. The maximum atomic E-state index is 12.7. The van der Waals surface area contributed by atoms with Crippen molar-refractivity contribution in [1.29, 1.82) is 0 Å². The third kappa shape index (κ3) is 4.48. The molecule has 1 aliphatic rings. The Labute approximate surface area is 184 Å². The standard InChI is InChI=1S/C22H22N6O4/c1-3-32-22(31)15-7-8-16-13-28(21(30)18(16)12-15)10-9-19(29)23-17-6-4-5-14(11-17)20-24-26-27(2)25-20/h4-8,11-12H,3,9-10,13H2,1-2H3,(H,23,29). The van der Waals surface area contributed by atoms with E-state index >= 15 is 0 Å². The largest absolute Gasteiger partial charge is 0.462 e. The van der Waals surface area contributed by atoms with Crippen molar-refractivity contribution in [3.8, 4) is 11.4 Å². The lowest BCUT2D eigenvalue weighted by atomic mass is 10.1. The van der Waals surface area contributed by atoms with Gasteiger partial charge in [-0.25, -0.2) is 4.79 Å². The molecule has 0 unspecified atom stereocenters. The molecular formula is C22H22N6O4. The van der Waals surface area contributed by atoms with Crippen molar-refractivity contribution in [2.45, 2.75) is 19.9 Å². The molecule has 0 saturated heterocycles. The van der Waals surface area contributed by atoms with Gasteiger partial charge in [0.15, 0.2) is 0 Å². The van der Waals surface area contributed by atoms with Crippen molar-refractivity contribution in [2.24, 2.45) is 7.05 Å².